The van der Waals surface area contributed by atoms with Crippen molar-refractivity contribution in [2.24, 2.45) is 0 Å². The van der Waals surface area contributed by atoms with Gasteiger partial charge in [0.15, 0.2) is 0 Å². The van der Waals surface area contributed by atoms with E-state index in [1.54, 1.807) is 0 Å². The Hall–Kier alpha value is -3.31. The highest BCUT2D eigenvalue weighted by molar-refractivity contribution is 7.15. The Kier molecular flexibility index (Phi) is 5.50. The number of carbonyl (C=O) groups is 1. The number of hydrogen-bond acceptors (Lipinski definition) is 2. The van der Waals surface area contributed by atoms with Gasteiger partial charge in [-0.2, -0.15) is 0 Å². The van der Waals surface area contributed by atoms with Gasteiger partial charge in [0, 0.05) is 23.2 Å². The molecular weight excluding hydrogens is 438 g/mol. The standard InChI is InChI=1S/C29H29N3OS/c1-20-13-15-22(16-14-20)27-25-11-7-17-31(25)28-24(23-10-5-6-12-26(23)34-28)19-32(27)29(33)30-18-21-8-3-2-4-9-21/h2-4,7-9,11,13-17,27H,5-6,10,12,18-19H2,1H3,(H,30,33). The fourth-order valence-electron chi connectivity index (χ4n) is 5.36. The molecule has 0 saturated heterocycles. The Bertz CT molecular complexity index is 1320. The Morgan fingerprint density at radius 2 is 1.76 bits per heavy atom. The highest BCUT2D eigenvalue weighted by atomic mass is 32.1. The van der Waals surface area contributed by atoms with E-state index in [1.165, 1.54) is 39.4 Å². The Balaban J connectivity index is 1.44. The Morgan fingerprint density at radius 1 is 0.971 bits per heavy atom. The third kappa shape index (κ3) is 3.74. The average Bonchev–Trinajstić information content (AvgIpc) is 3.46. The predicted molar refractivity (Wildman–Crippen MR) is 138 cm³/mol. The van der Waals surface area contributed by atoms with Gasteiger partial charge in [-0.05, 0) is 61.4 Å². The van der Waals surface area contributed by atoms with Crippen LogP contribution in [-0.4, -0.2) is 15.5 Å². The highest BCUT2D eigenvalue weighted by Crippen LogP contribution is 2.44. The Labute approximate surface area is 204 Å². The van der Waals surface area contributed by atoms with Gasteiger partial charge in [-0.1, -0.05) is 60.2 Å². The van der Waals surface area contributed by atoms with Gasteiger partial charge >= 0.3 is 6.03 Å². The minimum atomic E-state index is -0.148. The van der Waals surface area contributed by atoms with E-state index in [0.29, 0.717) is 13.1 Å². The van der Waals surface area contributed by atoms with E-state index in [9.17, 15) is 4.79 Å². The molecule has 172 valence electrons. The second-order valence-corrected chi connectivity index (χ2v) is 10.5. The maximum Gasteiger partial charge on any atom is 0.318 e. The monoisotopic (exact) mass is 467 g/mol. The van der Waals surface area contributed by atoms with Crippen molar-refractivity contribution in [1.82, 2.24) is 14.8 Å². The number of nitrogens with one attached hydrogen (secondary N) is 1. The van der Waals surface area contributed by atoms with Gasteiger partial charge < -0.3 is 14.8 Å². The summed E-state index contributed by atoms with van der Waals surface area (Å²) in [7, 11) is 0. The van der Waals surface area contributed by atoms with Crippen molar-refractivity contribution in [2.45, 2.75) is 51.7 Å². The summed E-state index contributed by atoms with van der Waals surface area (Å²) in [6.45, 7) is 3.25. The molecule has 4 aromatic rings. The van der Waals surface area contributed by atoms with Crippen LogP contribution in [0.2, 0.25) is 0 Å². The van der Waals surface area contributed by atoms with Crippen molar-refractivity contribution in [2.75, 3.05) is 0 Å². The maximum absolute atomic E-state index is 13.8. The summed E-state index contributed by atoms with van der Waals surface area (Å²) in [5, 5.41) is 4.51. The van der Waals surface area contributed by atoms with E-state index >= 15 is 0 Å². The van der Waals surface area contributed by atoms with Crippen molar-refractivity contribution in [1.29, 1.82) is 0 Å². The smallest absolute Gasteiger partial charge is 0.318 e. The zero-order chi connectivity index (χ0) is 23.1. The first-order valence-corrected chi connectivity index (χ1v) is 13.0. The molecule has 1 atom stereocenters. The number of urea groups is 1. The molecule has 0 fully saturated rings. The number of aryl methyl sites for hydroxylation is 2. The summed E-state index contributed by atoms with van der Waals surface area (Å²) in [6.07, 6.45) is 6.94. The maximum atomic E-state index is 13.8. The summed E-state index contributed by atoms with van der Waals surface area (Å²) >= 11 is 1.93. The normalized spacial score (nSPS) is 16.9. The second-order valence-electron chi connectivity index (χ2n) is 9.38. The van der Waals surface area contributed by atoms with Crippen LogP contribution in [0.5, 0.6) is 0 Å². The van der Waals surface area contributed by atoms with Crippen LogP contribution < -0.4 is 5.32 Å². The van der Waals surface area contributed by atoms with Crippen LogP contribution in [0.4, 0.5) is 4.79 Å². The number of benzene rings is 2. The van der Waals surface area contributed by atoms with E-state index in [4.69, 9.17) is 0 Å². The van der Waals surface area contributed by atoms with Gasteiger partial charge in [0.1, 0.15) is 5.00 Å². The van der Waals surface area contributed by atoms with Crippen LogP contribution in [0, 0.1) is 6.92 Å². The molecule has 0 spiro atoms. The first kappa shape index (κ1) is 21.2. The molecule has 4 nitrogen and oxygen atoms in total. The topological polar surface area (TPSA) is 37.3 Å². The van der Waals surface area contributed by atoms with E-state index in [0.717, 1.165) is 29.7 Å². The molecule has 6 rings (SSSR count). The average molecular weight is 468 g/mol. The van der Waals surface area contributed by atoms with Crippen molar-refractivity contribution in [3.8, 4) is 5.00 Å². The molecule has 5 heteroatoms. The van der Waals surface area contributed by atoms with Crippen molar-refractivity contribution in [3.05, 3.63) is 111 Å². The van der Waals surface area contributed by atoms with Gasteiger partial charge in [-0.3, -0.25) is 0 Å². The van der Waals surface area contributed by atoms with E-state index < -0.39 is 0 Å². The Morgan fingerprint density at radius 3 is 2.59 bits per heavy atom. The molecule has 34 heavy (non-hydrogen) atoms. The quantitative estimate of drug-likeness (QED) is 0.365. The zero-order valence-corrected chi connectivity index (χ0v) is 20.3. The van der Waals surface area contributed by atoms with Crippen molar-refractivity contribution >= 4 is 17.4 Å². The molecule has 2 aromatic heterocycles. The van der Waals surface area contributed by atoms with Gasteiger partial charge in [-0.25, -0.2) is 4.79 Å². The van der Waals surface area contributed by atoms with Crippen LogP contribution in [0.25, 0.3) is 5.00 Å². The number of aromatic nitrogens is 1. The molecule has 2 aromatic carbocycles. The summed E-state index contributed by atoms with van der Waals surface area (Å²) in [5.41, 5.74) is 7.44. The van der Waals surface area contributed by atoms with Crippen LogP contribution in [-0.2, 0) is 25.9 Å². The lowest BCUT2D eigenvalue weighted by Crippen LogP contribution is -2.41. The van der Waals surface area contributed by atoms with Gasteiger partial charge in [-0.15, -0.1) is 11.3 Å². The molecule has 1 aliphatic heterocycles. The zero-order valence-electron chi connectivity index (χ0n) is 19.5. The number of hydrogen-bond donors (Lipinski definition) is 1. The summed E-state index contributed by atoms with van der Waals surface area (Å²) < 4.78 is 2.34. The molecular formula is C29H29N3OS. The molecule has 0 radical (unpaired) electrons. The predicted octanol–water partition coefficient (Wildman–Crippen LogP) is 6.54. The third-order valence-electron chi connectivity index (χ3n) is 7.12. The lowest BCUT2D eigenvalue weighted by atomic mass is 9.95. The second kappa shape index (κ2) is 8.80. The largest absolute Gasteiger partial charge is 0.334 e. The van der Waals surface area contributed by atoms with E-state index in [-0.39, 0.29) is 12.1 Å². The molecule has 0 bridgehead atoms. The molecule has 0 saturated carbocycles. The fourth-order valence-corrected chi connectivity index (χ4v) is 6.77. The van der Waals surface area contributed by atoms with E-state index in [1.807, 2.05) is 34.4 Å². The minimum absolute atomic E-state index is 0.0224. The molecule has 1 aliphatic carbocycles. The number of thiophene rings is 1. The lowest BCUT2D eigenvalue weighted by molar-refractivity contribution is 0.180. The first-order valence-electron chi connectivity index (χ1n) is 12.1. The summed E-state index contributed by atoms with van der Waals surface area (Å²) in [4.78, 5) is 17.4. The molecule has 3 heterocycles. The first-order chi connectivity index (χ1) is 16.7. The number of fused-ring (bicyclic) bond motifs is 5. The lowest BCUT2D eigenvalue weighted by Gasteiger charge is -2.31. The summed E-state index contributed by atoms with van der Waals surface area (Å²) in [5.74, 6) is 0. The fraction of sp³-hybridized carbons (Fsp3) is 0.276. The van der Waals surface area contributed by atoms with Crippen LogP contribution in [0.15, 0.2) is 72.9 Å². The molecule has 1 unspecified atom stereocenters. The molecule has 1 N–H and O–H groups in total. The van der Waals surface area contributed by atoms with Crippen LogP contribution in [0.3, 0.4) is 0 Å². The van der Waals surface area contributed by atoms with Gasteiger partial charge in [0.05, 0.1) is 18.3 Å². The van der Waals surface area contributed by atoms with Crippen molar-refractivity contribution < 1.29 is 4.79 Å². The van der Waals surface area contributed by atoms with Crippen molar-refractivity contribution in [3.63, 3.8) is 0 Å². The number of nitrogens with zero attached hydrogens (tertiary/aromatic N) is 2. The van der Waals surface area contributed by atoms with Crippen LogP contribution >= 0.6 is 11.3 Å². The van der Waals surface area contributed by atoms with Crippen LogP contribution in [0.1, 0.15) is 57.3 Å². The summed E-state index contributed by atoms with van der Waals surface area (Å²) in [6, 6.07) is 22.9. The third-order valence-corrected chi connectivity index (χ3v) is 8.45. The highest BCUT2D eigenvalue weighted by Gasteiger charge is 2.35. The molecule has 2 amide bonds. The number of rotatable bonds is 3. The molecule has 2 aliphatic rings. The van der Waals surface area contributed by atoms with Gasteiger partial charge in [0.25, 0.3) is 0 Å². The number of carbonyl (C=O) groups excluding carboxylic acids is 1. The SMILES string of the molecule is Cc1ccc(C2c3cccn3-c3sc4c(c3CN2C(=O)NCc2ccccc2)CCCC4)cc1. The number of amides is 2. The van der Waals surface area contributed by atoms with Gasteiger partial charge in [0.2, 0.25) is 0 Å². The van der Waals surface area contributed by atoms with E-state index in [2.05, 4.69) is 71.5 Å². The minimum Gasteiger partial charge on any atom is -0.334 e.